The molecule has 114 valence electrons. The molecule has 0 aromatic heterocycles. The lowest BCUT2D eigenvalue weighted by atomic mass is 9.80. The maximum absolute atomic E-state index is 13.8. The number of rotatable bonds is 2. The molecule has 1 spiro atoms. The fourth-order valence-corrected chi connectivity index (χ4v) is 3.60. The van der Waals surface area contributed by atoms with Crippen molar-refractivity contribution in [1.82, 2.24) is 0 Å². The highest BCUT2D eigenvalue weighted by atomic mass is 19.1. The molecule has 1 aromatic rings. The first kappa shape index (κ1) is 14.6. The van der Waals surface area contributed by atoms with Crippen molar-refractivity contribution >= 4 is 5.78 Å². The number of halogens is 3. The summed E-state index contributed by atoms with van der Waals surface area (Å²) in [5.74, 6) is -4.28. The number of benzene rings is 1. The van der Waals surface area contributed by atoms with Crippen LogP contribution in [0.5, 0.6) is 0 Å². The standard InChI is InChI=1S/C16H17F3O2/c17-11-7-12(18)14(13(19)8-11)15(20)10-3-6-21-16(9-10)4-1-2-5-16/h7-8,10H,1-6,9H2. The molecule has 1 heterocycles. The molecule has 1 saturated heterocycles. The van der Waals surface area contributed by atoms with E-state index in [1.807, 2.05) is 0 Å². The number of carbonyl (C=O) groups excluding carboxylic acids is 1. The Balaban J connectivity index is 1.85. The summed E-state index contributed by atoms with van der Waals surface area (Å²) in [4.78, 5) is 12.4. The largest absolute Gasteiger partial charge is 0.375 e. The van der Waals surface area contributed by atoms with Gasteiger partial charge in [0.05, 0.1) is 11.2 Å². The molecule has 1 saturated carbocycles. The van der Waals surface area contributed by atoms with Crippen LogP contribution in [-0.2, 0) is 4.74 Å². The van der Waals surface area contributed by atoms with Crippen molar-refractivity contribution in [2.75, 3.05) is 6.61 Å². The topological polar surface area (TPSA) is 26.3 Å². The van der Waals surface area contributed by atoms with Crippen molar-refractivity contribution in [2.24, 2.45) is 5.92 Å². The summed E-state index contributed by atoms with van der Waals surface area (Å²) in [5, 5.41) is 0. The van der Waals surface area contributed by atoms with Gasteiger partial charge in [0.1, 0.15) is 17.5 Å². The fourth-order valence-electron chi connectivity index (χ4n) is 3.60. The summed E-state index contributed by atoms with van der Waals surface area (Å²) in [7, 11) is 0. The molecule has 5 heteroatoms. The molecule has 0 N–H and O–H groups in total. The van der Waals surface area contributed by atoms with Crippen LogP contribution in [0, 0.1) is 23.4 Å². The van der Waals surface area contributed by atoms with Crippen LogP contribution in [0.15, 0.2) is 12.1 Å². The zero-order valence-electron chi connectivity index (χ0n) is 11.6. The minimum Gasteiger partial charge on any atom is -0.375 e. The monoisotopic (exact) mass is 298 g/mol. The van der Waals surface area contributed by atoms with E-state index in [0.717, 1.165) is 25.7 Å². The highest BCUT2D eigenvalue weighted by Crippen LogP contribution is 2.43. The predicted octanol–water partition coefficient (Wildman–Crippen LogP) is 4.03. The van der Waals surface area contributed by atoms with Gasteiger partial charge in [-0.3, -0.25) is 4.79 Å². The van der Waals surface area contributed by atoms with E-state index in [4.69, 9.17) is 4.74 Å². The van der Waals surface area contributed by atoms with E-state index in [9.17, 15) is 18.0 Å². The molecule has 0 amide bonds. The van der Waals surface area contributed by atoms with Gasteiger partial charge in [-0.15, -0.1) is 0 Å². The van der Waals surface area contributed by atoms with Crippen LogP contribution in [0.1, 0.15) is 48.9 Å². The third kappa shape index (κ3) is 2.71. The Morgan fingerprint density at radius 3 is 2.38 bits per heavy atom. The first-order valence-electron chi connectivity index (χ1n) is 7.33. The number of ether oxygens (including phenoxy) is 1. The summed E-state index contributed by atoms with van der Waals surface area (Å²) in [6, 6.07) is 1.11. The van der Waals surface area contributed by atoms with Gasteiger partial charge in [-0.05, 0) is 25.7 Å². The van der Waals surface area contributed by atoms with Gasteiger partial charge < -0.3 is 4.74 Å². The average molecular weight is 298 g/mol. The van der Waals surface area contributed by atoms with Gasteiger partial charge in [0.25, 0.3) is 0 Å². The Bertz CT molecular complexity index is 542. The number of hydrogen-bond donors (Lipinski definition) is 0. The molecular formula is C16H17F3O2. The number of ketones is 1. The number of carbonyl (C=O) groups is 1. The Morgan fingerprint density at radius 2 is 1.76 bits per heavy atom. The summed E-state index contributed by atoms with van der Waals surface area (Å²) in [6.07, 6.45) is 4.86. The van der Waals surface area contributed by atoms with Gasteiger partial charge in [0.15, 0.2) is 5.78 Å². The lowest BCUT2D eigenvalue weighted by molar-refractivity contribution is -0.0867. The van der Waals surface area contributed by atoms with Crippen LogP contribution in [0.3, 0.4) is 0 Å². The lowest BCUT2D eigenvalue weighted by Crippen LogP contribution is -2.40. The molecule has 1 atom stereocenters. The maximum Gasteiger partial charge on any atom is 0.172 e. The number of hydrogen-bond acceptors (Lipinski definition) is 2. The van der Waals surface area contributed by atoms with Crippen LogP contribution in [0.4, 0.5) is 13.2 Å². The summed E-state index contributed by atoms with van der Waals surface area (Å²) in [5.41, 5.74) is -0.914. The molecular weight excluding hydrogens is 281 g/mol. The molecule has 2 nitrogen and oxygen atoms in total. The van der Waals surface area contributed by atoms with Gasteiger partial charge in [-0.25, -0.2) is 13.2 Å². The molecule has 0 bridgehead atoms. The van der Waals surface area contributed by atoms with Crippen LogP contribution in [-0.4, -0.2) is 18.0 Å². The van der Waals surface area contributed by atoms with Gasteiger partial charge in [-0.2, -0.15) is 0 Å². The Morgan fingerprint density at radius 1 is 1.14 bits per heavy atom. The van der Waals surface area contributed by atoms with Crippen molar-refractivity contribution in [1.29, 1.82) is 0 Å². The van der Waals surface area contributed by atoms with Gasteiger partial charge in [0.2, 0.25) is 0 Å². The van der Waals surface area contributed by atoms with Crippen LogP contribution in [0.25, 0.3) is 0 Å². The van der Waals surface area contributed by atoms with Gasteiger partial charge >= 0.3 is 0 Å². The van der Waals surface area contributed by atoms with Crippen molar-refractivity contribution in [3.63, 3.8) is 0 Å². The molecule has 0 radical (unpaired) electrons. The molecule has 2 fully saturated rings. The minimum atomic E-state index is -1.12. The third-order valence-electron chi connectivity index (χ3n) is 4.63. The van der Waals surface area contributed by atoms with E-state index in [2.05, 4.69) is 0 Å². The SMILES string of the molecule is O=C(c1c(F)cc(F)cc1F)C1CCOC2(CCCC2)C1. The van der Waals surface area contributed by atoms with Crippen molar-refractivity contribution in [3.8, 4) is 0 Å². The summed E-state index contributed by atoms with van der Waals surface area (Å²) in [6.45, 7) is 0.431. The van der Waals surface area contributed by atoms with E-state index in [-0.39, 0.29) is 5.60 Å². The summed E-state index contributed by atoms with van der Waals surface area (Å²) >= 11 is 0. The molecule has 3 rings (SSSR count). The first-order valence-corrected chi connectivity index (χ1v) is 7.33. The molecule has 2 aliphatic rings. The second-order valence-corrected chi connectivity index (χ2v) is 6.04. The second-order valence-electron chi connectivity index (χ2n) is 6.04. The van der Waals surface area contributed by atoms with Crippen molar-refractivity contribution < 1.29 is 22.7 Å². The molecule has 1 aliphatic carbocycles. The van der Waals surface area contributed by atoms with Crippen molar-refractivity contribution in [3.05, 3.63) is 35.1 Å². The zero-order chi connectivity index (χ0) is 15.0. The second kappa shape index (κ2) is 5.44. The first-order chi connectivity index (χ1) is 10.0. The smallest absolute Gasteiger partial charge is 0.172 e. The maximum atomic E-state index is 13.8. The molecule has 1 aromatic carbocycles. The third-order valence-corrected chi connectivity index (χ3v) is 4.63. The van der Waals surface area contributed by atoms with E-state index < -0.39 is 34.7 Å². The highest BCUT2D eigenvalue weighted by Gasteiger charge is 2.42. The van der Waals surface area contributed by atoms with Crippen LogP contribution < -0.4 is 0 Å². The Hall–Kier alpha value is -1.36. The minimum absolute atomic E-state index is 0.300. The lowest BCUT2D eigenvalue weighted by Gasteiger charge is -2.37. The predicted molar refractivity (Wildman–Crippen MR) is 70.5 cm³/mol. The van der Waals surface area contributed by atoms with E-state index in [1.54, 1.807) is 0 Å². The highest BCUT2D eigenvalue weighted by molar-refractivity contribution is 5.98. The normalized spacial score (nSPS) is 24.4. The summed E-state index contributed by atoms with van der Waals surface area (Å²) < 4.78 is 46.3. The Labute approximate surface area is 121 Å². The molecule has 21 heavy (non-hydrogen) atoms. The van der Waals surface area contributed by atoms with E-state index in [1.165, 1.54) is 0 Å². The van der Waals surface area contributed by atoms with Gasteiger partial charge in [0, 0.05) is 24.7 Å². The van der Waals surface area contributed by atoms with Gasteiger partial charge in [-0.1, -0.05) is 12.8 Å². The molecule has 1 aliphatic heterocycles. The number of Topliss-reactive ketones (excluding diaryl/α,β-unsaturated/α-hetero) is 1. The van der Waals surface area contributed by atoms with Crippen LogP contribution in [0.2, 0.25) is 0 Å². The van der Waals surface area contributed by atoms with E-state index >= 15 is 0 Å². The molecule has 1 unspecified atom stereocenters. The quantitative estimate of drug-likeness (QED) is 0.771. The zero-order valence-corrected chi connectivity index (χ0v) is 11.6. The van der Waals surface area contributed by atoms with E-state index in [0.29, 0.717) is 31.6 Å². The van der Waals surface area contributed by atoms with Crippen LogP contribution >= 0.6 is 0 Å². The van der Waals surface area contributed by atoms with Crippen molar-refractivity contribution in [2.45, 2.75) is 44.1 Å². The Kier molecular flexibility index (Phi) is 3.78. The average Bonchev–Trinajstić information content (AvgIpc) is 2.85. The fraction of sp³-hybridized carbons (Fsp3) is 0.562.